The summed E-state index contributed by atoms with van der Waals surface area (Å²) in [6, 6.07) is 14.1. The van der Waals surface area contributed by atoms with E-state index in [0.717, 1.165) is 44.9 Å². The van der Waals surface area contributed by atoms with Crippen molar-refractivity contribution in [1.82, 2.24) is 20.0 Å². The van der Waals surface area contributed by atoms with Gasteiger partial charge < -0.3 is 9.64 Å². The number of aromatic amines is 1. The van der Waals surface area contributed by atoms with Crippen molar-refractivity contribution in [2.45, 2.75) is 30.8 Å². The number of nitrogens with one attached hydrogen (secondary N) is 1. The molecule has 29 heavy (non-hydrogen) atoms. The van der Waals surface area contributed by atoms with E-state index in [9.17, 15) is 0 Å². The van der Waals surface area contributed by atoms with Crippen LogP contribution in [0.25, 0.3) is 10.9 Å². The van der Waals surface area contributed by atoms with E-state index in [1.807, 2.05) is 6.20 Å². The van der Waals surface area contributed by atoms with Crippen LogP contribution in [0.1, 0.15) is 41.0 Å². The Labute approximate surface area is 171 Å². The van der Waals surface area contributed by atoms with Crippen LogP contribution in [-0.4, -0.2) is 59.9 Å². The minimum Gasteiger partial charge on any atom is -0.379 e. The largest absolute Gasteiger partial charge is 0.379 e. The lowest BCUT2D eigenvalue weighted by Gasteiger charge is -2.37. The highest BCUT2D eigenvalue weighted by molar-refractivity contribution is 5.78. The average molecular weight is 389 g/mol. The molecule has 1 atom stereocenters. The van der Waals surface area contributed by atoms with Crippen LogP contribution < -0.4 is 0 Å². The Morgan fingerprint density at radius 1 is 1.10 bits per heavy atom. The van der Waals surface area contributed by atoms with Crippen molar-refractivity contribution >= 4 is 10.9 Å². The Balaban J connectivity index is 1.37. The van der Waals surface area contributed by atoms with Gasteiger partial charge in [-0.05, 0) is 54.3 Å². The molecule has 3 aromatic rings. The van der Waals surface area contributed by atoms with E-state index in [1.54, 1.807) is 0 Å². The minimum atomic E-state index is 0.264. The number of hydrogen-bond acceptors (Lipinski definition) is 4. The van der Waals surface area contributed by atoms with Gasteiger partial charge in [0.1, 0.15) is 0 Å². The molecule has 2 fully saturated rings. The van der Waals surface area contributed by atoms with Gasteiger partial charge in [0.15, 0.2) is 0 Å². The molecule has 1 aliphatic carbocycles. The zero-order chi connectivity index (χ0) is 19.4. The Kier molecular flexibility index (Phi) is 4.05. The molecule has 2 aromatic carbocycles. The monoisotopic (exact) mass is 388 g/mol. The molecule has 5 heteroatoms. The third kappa shape index (κ3) is 2.91. The maximum absolute atomic E-state index is 5.60. The quantitative estimate of drug-likeness (QED) is 0.746. The molecule has 6 rings (SSSR count). The van der Waals surface area contributed by atoms with Crippen molar-refractivity contribution in [2.24, 2.45) is 0 Å². The SMILES string of the molecule is CN1Cc2cc(C3(N4CCOCC4)CC3)ccc2C(c2ccc3[nH]ncc3c2)C1. The van der Waals surface area contributed by atoms with E-state index >= 15 is 0 Å². The van der Waals surface area contributed by atoms with E-state index in [0.29, 0.717) is 5.92 Å². The fraction of sp³-hybridized carbons (Fsp3) is 0.458. The summed E-state index contributed by atoms with van der Waals surface area (Å²) in [7, 11) is 2.24. The smallest absolute Gasteiger partial charge is 0.0650 e. The number of fused-ring (bicyclic) bond motifs is 2. The van der Waals surface area contributed by atoms with Crippen LogP contribution in [0.2, 0.25) is 0 Å². The first-order valence-corrected chi connectivity index (χ1v) is 10.8. The number of benzene rings is 2. The lowest BCUT2D eigenvalue weighted by Crippen LogP contribution is -2.43. The van der Waals surface area contributed by atoms with Crippen LogP contribution in [0.4, 0.5) is 0 Å². The molecule has 5 nitrogen and oxygen atoms in total. The van der Waals surface area contributed by atoms with Crippen molar-refractivity contribution in [1.29, 1.82) is 0 Å². The van der Waals surface area contributed by atoms with Crippen molar-refractivity contribution in [3.63, 3.8) is 0 Å². The van der Waals surface area contributed by atoms with Crippen LogP contribution >= 0.6 is 0 Å². The lowest BCUT2D eigenvalue weighted by molar-refractivity contribution is 0.00831. The first-order chi connectivity index (χ1) is 14.2. The van der Waals surface area contributed by atoms with Crippen LogP contribution in [0.5, 0.6) is 0 Å². The fourth-order valence-corrected chi connectivity index (χ4v) is 5.50. The predicted molar refractivity (Wildman–Crippen MR) is 114 cm³/mol. The topological polar surface area (TPSA) is 44.4 Å². The maximum atomic E-state index is 5.60. The normalized spacial score (nSPS) is 24.5. The lowest BCUT2D eigenvalue weighted by atomic mass is 9.83. The number of hydrogen-bond donors (Lipinski definition) is 1. The Morgan fingerprint density at radius 3 is 2.79 bits per heavy atom. The summed E-state index contributed by atoms with van der Waals surface area (Å²) in [5, 5.41) is 8.45. The van der Waals surface area contributed by atoms with Gasteiger partial charge in [-0.3, -0.25) is 10.00 Å². The van der Waals surface area contributed by atoms with E-state index in [4.69, 9.17) is 4.74 Å². The van der Waals surface area contributed by atoms with Gasteiger partial charge in [0, 0.05) is 43.0 Å². The van der Waals surface area contributed by atoms with Crippen LogP contribution in [0, 0.1) is 0 Å². The number of aromatic nitrogens is 2. The zero-order valence-corrected chi connectivity index (χ0v) is 17.0. The highest BCUT2D eigenvalue weighted by atomic mass is 16.5. The first-order valence-electron chi connectivity index (χ1n) is 10.8. The third-order valence-corrected chi connectivity index (χ3v) is 7.20. The molecular formula is C24H28N4O. The standard InChI is InChI=1S/C24H28N4O/c1-27-15-19-13-20(24(6-7-24)28-8-10-29-11-9-28)3-4-21(19)22(16-27)17-2-5-23-18(12-17)14-25-26-23/h2-5,12-14,22H,6-11,15-16H2,1H3,(H,25,26). The molecular weight excluding hydrogens is 360 g/mol. The van der Waals surface area contributed by atoms with Crippen LogP contribution in [0.3, 0.4) is 0 Å². The van der Waals surface area contributed by atoms with Crippen molar-refractivity contribution in [3.8, 4) is 0 Å². The fourth-order valence-electron chi connectivity index (χ4n) is 5.50. The maximum Gasteiger partial charge on any atom is 0.0650 e. The molecule has 2 aliphatic heterocycles. The zero-order valence-electron chi connectivity index (χ0n) is 17.0. The summed E-state index contributed by atoms with van der Waals surface area (Å²) in [6.07, 6.45) is 4.49. The molecule has 0 bridgehead atoms. The number of H-pyrrole nitrogens is 1. The van der Waals surface area contributed by atoms with Crippen molar-refractivity contribution in [3.05, 3.63) is 64.8 Å². The first kappa shape index (κ1) is 17.6. The van der Waals surface area contributed by atoms with Gasteiger partial charge in [-0.15, -0.1) is 0 Å². The molecule has 0 radical (unpaired) electrons. The summed E-state index contributed by atoms with van der Waals surface area (Å²) in [6.45, 7) is 5.95. The second kappa shape index (κ2) is 6.66. The van der Waals surface area contributed by atoms with E-state index in [-0.39, 0.29) is 5.54 Å². The van der Waals surface area contributed by atoms with Gasteiger partial charge in [0.05, 0.1) is 24.9 Å². The van der Waals surface area contributed by atoms with Crippen LogP contribution in [0.15, 0.2) is 42.6 Å². The molecule has 150 valence electrons. The summed E-state index contributed by atoms with van der Waals surface area (Å²) in [5.74, 6) is 0.413. The van der Waals surface area contributed by atoms with E-state index in [1.165, 1.54) is 40.5 Å². The summed E-state index contributed by atoms with van der Waals surface area (Å²) in [5.41, 5.74) is 7.25. The summed E-state index contributed by atoms with van der Waals surface area (Å²) in [4.78, 5) is 5.12. The Morgan fingerprint density at radius 2 is 1.97 bits per heavy atom. The highest BCUT2D eigenvalue weighted by Gasteiger charge is 2.49. The number of morpholine rings is 1. The molecule has 0 amide bonds. The van der Waals surface area contributed by atoms with Crippen LogP contribution in [-0.2, 0) is 16.8 Å². The summed E-state index contributed by atoms with van der Waals surface area (Å²) >= 11 is 0. The molecule has 1 unspecified atom stereocenters. The van der Waals surface area contributed by atoms with Gasteiger partial charge >= 0.3 is 0 Å². The molecule has 1 saturated carbocycles. The molecule has 0 spiro atoms. The Hall–Kier alpha value is -2.21. The van der Waals surface area contributed by atoms with E-state index in [2.05, 4.69) is 63.4 Å². The molecule has 1 N–H and O–H groups in total. The number of nitrogens with zero attached hydrogens (tertiary/aromatic N) is 3. The van der Waals surface area contributed by atoms with Gasteiger partial charge in [-0.25, -0.2) is 0 Å². The second-order valence-electron chi connectivity index (χ2n) is 9.01. The molecule has 3 heterocycles. The second-order valence-corrected chi connectivity index (χ2v) is 9.01. The number of rotatable bonds is 3. The Bertz CT molecular complexity index is 1050. The molecule has 1 saturated heterocycles. The predicted octanol–water partition coefficient (Wildman–Crippen LogP) is 3.46. The van der Waals surface area contributed by atoms with Gasteiger partial charge in [0.25, 0.3) is 0 Å². The third-order valence-electron chi connectivity index (χ3n) is 7.20. The van der Waals surface area contributed by atoms with Crippen molar-refractivity contribution < 1.29 is 4.74 Å². The van der Waals surface area contributed by atoms with Gasteiger partial charge in [0.2, 0.25) is 0 Å². The van der Waals surface area contributed by atoms with E-state index < -0.39 is 0 Å². The highest BCUT2D eigenvalue weighted by Crippen LogP contribution is 2.52. The number of ether oxygens (including phenoxy) is 1. The molecule has 3 aliphatic rings. The number of likely N-dealkylation sites (N-methyl/N-ethyl adjacent to an activating group) is 1. The van der Waals surface area contributed by atoms with Gasteiger partial charge in [-0.2, -0.15) is 5.10 Å². The van der Waals surface area contributed by atoms with Crippen molar-refractivity contribution in [2.75, 3.05) is 39.9 Å². The van der Waals surface area contributed by atoms with Gasteiger partial charge in [-0.1, -0.05) is 24.3 Å². The molecule has 1 aromatic heterocycles. The summed E-state index contributed by atoms with van der Waals surface area (Å²) < 4.78 is 5.60. The minimum absolute atomic E-state index is 0.264. The average Bonchev–Trinajstić information content (AvgIpc) is 3.44.